The van der Waals surface area contributed by atoms with Crippen molar-refractivity contribution in [2.75, 3.05) is 5.32 Å². The average molecular weight is 367 g/mol. The zero-order valence-corrected chi connectivity index (χ0v) is 12.7. The molecule has 7 nitrogen and oxygen atoms in total. The Morgan fingerprint density at radius 2 is 2.00 bits per heavy atom. The summed E-state index contributed by atoms with van der Waals surface area (Å²) in [5.41, 5.74) is 0.0157. The third-order valence-corrected chi connectivity index (χ3v) is 3.16. The summed E-state index contributed by atoms with van der Waals surface area (Å²) in [7, 11) is 0. The first-order valence-electron chi connectivity index (χ1n) is 6.12. The number of ether oxygens (including phenoxy) is 1. The van der Waals surface area contributed by atoms with E-state index in [1.54, 1.807) is 24.3 Å². The number of amides is 1. The molecule has 2 aromatic carbocycles. The maximum Gasteiger partial charge on any atom is 0.412 e. The highest BCUT2D eigenvalue weighted by Gasteiger charge is 2.21. The summed E-state index contributed by atoms with van der Waals surface area (Å²) in [4.78, 5) is 22.0. The first-order chi connectivity index (χ1) is 10.5. The summed E-state index contributed by atoms with van der Waals surface area (Å²) in [5, 5.41) is 22.9. The van der Waals surface area contributed by atoms with Crippen LogP contribution in [0.15, 0.2) is 46.9 Å². The molecule has 0 radical (unpaired) electrons. The highest BCUT2D eigenvalue weighted by molar-refractivity contribution is 9.10. The molecule has 114 valence electrons. The summed E-state index contributed by atoms with van der Waals surface area (Å²) >= 11 is 3.03. The van der Waals surface area contributed by atoms with Gasteiger partial charge in [0.15, 0.2) is 5.69 Å². The molecule has 0 atom stereocenters. The Balaban J connectivity index is 2.10. The van der Waals surface area contributed by atoms with Crippen molar-refractivity contribution >= 4 is 33.4 Å². The number of rotatable bonds is 4. The molecule has 0 unspecified atom stereocenters. The van der Waals surface area contributed by atoms with Crippen molar-refractivity contribution in [1.29, 1.82) is 0 Å². The second-order valence-electron chi connectivity index (χ2n) is 4.26. The van der Waals surface area contributed by atoms with Crippen LogP contribution < -0.4 is 5.32 Å². The average Bonchev–Trinajstić information content (AvgIpc) is 2.48. The molecule has 2 N–H and O–H groups in total. The molecule has 1 amide bonds. The summed E-state index contributed by atoms with van der Waals surface area (Å²) in [6, 6.07) is 11.4. The number of hydrogen-bond acceptors (Lipinski definition) is 5. The van der Waals surface area contributed by atoms with Gasteiger partial charge in [0.05, 0.1) is 4.92 Å². The van der Waals surface area contributed by atoms with Crippen LogP contribution in [-0.4, -0.2) is 16.1 Å². The summed E-state index contributed by atoms with van der Waals surface area (Å²) in [6.45, 7) is 0.0117. The number of halogens is 1. The Morgan fingerprint density at radius 3 is 2.64 bits per heavy atom. The van der Waals surface area contributed by atoms with Gasteiger partial charge in [-0.1, -0.05) is 46.3 Å². The number of phenols is 1. The summed E-state index contributed by atoms with van der Waals surface area (Å²) in [5.74, 6) is -0.433. The third-order valence-electron chi connectivity index (χ3n) is 2.70. The van der Waals surface area contributed by atoms with E-state index in [4.69, 9.17) is 4.74 Å². The molecule has 8 heteroatoms. The second kappa shape index (κ2) is 6.90. The Hall–Kier alpha value is -2.61. The fourth-order valence-corrected chi connectivity index (χ4v) is 2.15. The van der Waals surface area contributed by atoms with E-state index in [0.717, 1.165) is 5.56 Å². The molecule has 0 spiro atoms. The Labute approximate surface area is 133 Å². The van der Waals surface area contributed by atoms with Gasteiger partial charge in [-0.2, -0.15) is 0 Å². The fourth-order valence-electron chi connectivity index (χ4n) is 1.71. The van der Waals surface area contributed by atoms with Crippen LogP contribution in [0.3, 0.4) is 0 Å². The molecule has 2 aromatic rings. The lowest BCUT2D eigenvalue weighted by atomic mass is 10.2. The third kappa shape index (κ3) is 3.95. The lowest BCUT2D eigenvalue weighted by Crippen LogP contribution is -2.14. The number of nitro groups is 1. The van der Waals surface area contributed by atoms with E-state index in [2.05, 4.69) is 21.2 Å². The van der Waals surface area contributed by atoms with Crippen LogP contribution in [0.2, 0.25) is 0 Å². The van der Waals surface area contributed by atoms with Crippen molar-refractivity contribution in [2.45, 2.75) is 6.61 Å². The SMILES string of the molecule is O=C(Nc1c(O)cc(Br)cc1[N+](=O)[O-])OCc1ccccc1. The van der Waals surface area contributed by atoms with Gasteiger partial charge in [-0.15, -0.1) is 0 Å². The van der Waals surface area contributed by atoms with Gasteiger partial charge in [0.1, 0.15) is 12.4 Å². The molecule has 0 fully saturated rings. The number of nitrogens with one attached hydrogen (secondary N) is 1. The number of benzene rings is 2. The molecule has 0 aliphatic carbocycles. The van der Waals surface area contributed by atoms with Gasteiger partial charge in [0.2, 0.25) is 0 Å². The van der Waals surface area contributed by atoms with Crippen LogP contribution in [0.5, 0.6) is 5.75 Å². The van der Waals surface area contributed by atoms with Gasteiger partial charge in [-0.05, 0) is 11.6 Å². The summed E-state index contributed by atoms with van der Waals surface area (Å²) < 4.78 is 5.28. The Morgan fingerprint density at radius 1 is 1.32 bits per heavy atom. The topological polar surface area (TPSA) is 102 Å². The molecule has 2 rings (SSSR count). The molecule has 0 aliphatic rings. The molecule has 0 saturated heterocycles. The normalized spacial score (nSPS) is 10.0. The van der Waals surface area contributed by atoms with E-state index in [0.29, 0.717) is 4.47 Å². The van der Waals surface area contributed by atoms with Gasteiger partial charge in [0.25, 0.3) is 5.69 Å². The zero-order chi connectivity index (χ0) is 16.1. The van der Waals surface area contributed by atoms with Crippen molar-refractivity contribution in [3.05, 3.63) is 62.6 Å². The van der Waals surface area contributed by atoms with E-state index >= 15 is 0 Å². The van der Waals surface area contributed by atoms with Gasteiger partial charge in [-0.25, -0.2) is 4.79 Å². The Kier molecular flexibility index (Phi) is 4.95. The summed E-state index contributed by atoms with van der Waals surface area (Å²) in [6.07, 6.45) is -0.899. The number of aromatic hydroxyl groups is 1. The maximum absolute atomic E-state index is 11.7. The first-order valence-corrected chi connectivity index (χ1v) is 6.91. The van der Waals surface area contributed by atoms with Crippen LogP contribution in [0, 0.1) is 10.1 Å². The lowest BCUT2D eigenvalue weighted by Gasteiger charge is -2.09. The second-order valence-corrected chi connectivity index (χ2v) is 5.18. The minimum Gasteiger partial charge on any atom is -0.505 e. The van der Waals surface area contributed by atoms with Crippen molar-refractivity contribution in [2.24, 2.45) is 0 Å². The predicted octanol–water partition coefficient (Wildman–Crippen LogP) is 3.81. The van der Waals surface area contributed by atoms with Crippen LogP contribution in [0.25, 0.3) is 0 Å². The van der Waals surface area contributed by atoms with E-state index < -0.39 is 22.5 Å². The number of anilines is 1. The number of carbonyl (C=O) groups excluding carboxylic acids is 1. The maximum atomic E-state index is 11.7. The minimum absolute atomic E-state index is 0.0117. The zero-order valence-electron chi connectivity index (χ0n) is 11.2. The van der Waals surface area contributed by atoms with Gasteiger partial charge < -0.3 is 9.84 Å². The van der Waals surface area contributed by atoms with Crippen molar-refractivity contribution in [3.63, 3.8) is 0 Å². The fraction of sp³-hybridized carbons (Fsp3) is 0.0714. The minimum atomic E-state index is -0.899. The number of nitrogens with zero attached hydrogens (tertiary/aromatic N) is 1. The molecule has 0 saturated carbocycles. The largest absolute Gasteiger partial charge is 0.505 e. The Bertz CT molecular complexity index is 706. The van der Waals surface area contributed by atoms with E-state index in [-0.39, 0.29) is 12.3 Å². The molecule has 0 bridgehead atoms. The number of nitro benzene ring substituents is 1. The van der Waals surface area contributed by atoms with Crippen molar-refractivity contribution < 1.29 is 19.6 Å². The van der Waals surface area contributed by atoms with Gasteiger partial charge >= 0.3 is 6.09 Å². The highest BCUT2D eigenvalue weighted by atomic mass is 79.9. The molecule has 0 heterocycles. The monoisotopic (exact) mass is 366 g/mol. The number of carbonyl (C=O) groups is 1. The van der Waals surface area contributed by atoms with Crippen LogP contribution in [0.1, 0.15) is 5.56 Å². The van der Waals surface area contributed by atoms with E-state index in [1.807, 2.05) is 6.07 Å². The molecule has 22 heavy (non-hydrogen) atoms. The standard InChI is InChI=1S/C14H11BrN2O5/c15-10-6-11(17(20)21)13(12(18)7-10)16-14(19)22-8-9-4-2-1-3-5-9/h1-7,18H,8H2,(H,16,19). The first kappa shape index (κ1) is 15.8. The molecule has 0 aromatic heterocycles. The van der Waals surface area contributed by atoms with Gasteiger partial charge in [0, 0.05) is 10.5 Å². The van der Waals surface area contributed by atoms with E-state index in [9.17, 15) is 20.0 Å². The van der Waals surface area contributed by atoms with Crippen LogP contribution >= 0.6 is 15.9 Å². The van der Waals surface area contributed by atoms with E-state index in [1.165, 1.54) is 12.1 Å². The predicted molar refractivity (Wildman–Crippen MR) is 82.7 cm³/mol. The quantitative estimate of drug-likeness (QED) is 0.486. The van der Waals surface area contributed by atoms with Crippen LogP contribution in [0.4, 0.5) is 16.2 Å². The highest BCUT2D eigenvalue weighted by Crippen LogP contribution is 2.36. The lowest BCUT2D eigenvalue weighted by molar-refractivity contribution is -0.384. The molecule has 0 aliphatic heterocycles. The number of phenolic OH excluding ortho intramolecular Hbond substituents is 1. The smallest absolute Gasteiger partial charge is 0.412 e. The number of hydrogen-bond donors (Lipinski definition) is 2. The van der Waals surface area contributed by atoms with Crippen LogP contribution in [-0.2, 0) is 11.3 Å². The molecular formula is C14H11BrN2O5. The molecular weight excluding hydrogens is 356 g/mol. The van der Waals surface area contributed by atoms with Crippen molar-refractivity contribution in [3.8, 4) is 5.75 Å². The van der Waals surface area contributed by atoms with Gasteiger partial charge in [-0.3, -0.25) is 15.4 Å². The van der Waals surface area contributed by atoms with Crippen molar-refractivity contribution in [1.82, 2.24) is 0 Å².